The molecule has 1 aromatic heterocycles. The first kappa shape index (κ1) is 14.6. The summed E-state index contributed by atoms with van der Waals surface area (Å²) in [7, 11) is 1.84. The summed E-state index contributed by atoms with van der Waals surface area (Å²) in [5, 5.41) is 12.1. The molecule has 6 heteroatoms. The lowest BCUT2D eigenvalue weighted by Crippen LogP contribution is -2.49. The van der Waals surface area contributed by atoms with Gasteiger partial charge in [0.1, 0.15) is 11.8 Å². The van der Waals surface area contributed by atoms with Gasteiger partial charge in [-0.15, -0.1) is 0 Å². The van der Waals surface area contributed by atoms with E-state index in [1.54, 1.807) is 4.57 Å². The number of ether oxygens (including phenoxy) is 1. The standard InChI is InChI=1S/C14H20N4O2/c1-11(14(19)18-3-5-20-6-4-18)16-9-12-7-13(8-15)17(2)10-12/h7,10-11,16H,3-6,9H2,1-2H3. The van der Waals surface area contributed by atoms with Gasteiger partial charge in [-0.3, -0.25) is 4.79 Å². The molecule has 1 aromatic rings. The number of carbonyl (C=O) groups excluding carboxylic acids is 1. The van der Waals surface area contributed by atoms with Crippen molar-refractivity contribution in [3.05, 3.63) is 23.5 Å². The monoisotopic (exact) mass is 276 g/mol. The molecule has 1 fully saturated rings. The Hall–Kier alpha value is -1.84. The fourth-order valence-electron chi connectivity index (χ4n) is 2.26. The van der Waals surface area contributed by atoms with Crippen LogP contribution in [-0.4, -0.2) is 47.7 Å². The zero-order valence-electron chi connectivity index (χ0n) is 11.9. The summed E-state index contributed by atoms with van der Waals surface area (Å²) in [5.74, 6) is 0.102. The average Bonchev–Trinajstić information content (AvgIpc) is 2.85. The first-order chi connectivity index (χ1) is 9.61. The molecule has 1 unspecified atom stereocenters. The molecule has 0 aromatic carbocycles. The molecule has 0 radical (unpaired) electrons. The van der Waals surface area contributed by atoms with Crippen molar-refractivity contribution < 1.29 is 9.53 Å². The van der Waals surface area contributed by atoms with Crippen LogP contribution in [0.5, 0.6) is 0 Å². The Morgan fingerprint density at radius 2 is 2.25 bits per heavy atom. The zero-order valence-corrected chi connectivity index (χ0v) is 11.9. The minimum atomic E-state index is -0.237. The largest absolute Gasteiger partial charge is 0.378 e. The Morgan fingerprint density at radius 1 is 1.55 bits per heavy atom. The molecule has 2 heterocycles. The van der Waals surface area contributed by atoms with Gasteiger partial charge in [-0.25, -0.2) is 0 Å². The highest BCUT2D eigenvalue weighted by Gasteiger charge is 2.21. The predicted molar refractivity (Wildman–Crippen MR) is 73.8 cm³/mol. The van der Waals surface area contributed by atoms with Crippen LogP contribution in [0.25, 0.3) is 0 Å². The molecule has 108 valence electrons. The number of rotatable bonds is 4. The van der Waals surface area contributed by atoms with Crippen LogP contribution in [0.1, 0.15) is 18.2 Å². The van der Waals surface area contributed by atoms with Crippen LogP contribution in [0.3, 0.4) is 0 Å². The molecule has 1 saturated heterocycles. The number of morpholine rings is 1. The lowest BCUT2D eigenvalue weighted by atomic mass is 10.2. The van der Waals surface area contributed by atoms with Crippen molar-refractivity contribution in [2.75, 3.05) is 26.3 Å². The maximum atomic E-state index is 12.2. The number of nitrogens with one attached hydrogen (secondary N) is 1. The Balaban J connectivity index is 1.86. The number of carbonyl (C=O) groups is 1. The third kappa shape index (κ3) is 3.38. The second-order valence-electron chi connectivity index (χ2n) is 5.00. The Kier molecular flexibility index (Phi) is 4.77. The summed E-state index contributed by atoms with van der Waals surface area (Å²) in [6, 6.07) is 3.72. The Bertz CT molecular complexity index is 512. The van der Waals surface area contributed by atoms with Gasteiger partial charge in [0, 0.05) is 32.9 Å². The van der Waals surface area contributed by atoms with Gasteiger partial charge in [0.15, 0.2) is 0 Å². The van der Waals surface area contributed by atoms with Gasteiger partial charge in [0.05, 0.1) is 19.3 Å². The molecule has 6 nitrogen and oxygen atoms in total. The van der Waals surface area contributed by atoms with E-state index < -0.39 is 0 Å². The van der Waals surface area contributed by atoms with E-state index in [0.717, 1.165) is 5.56 Å². The van der Waals surface area contributed by atoms with E-state index in [1.807, 2.05) is 31.1 Å². The van der Waals surface area contributed by atoms with E-state index in [9.17, 15) is 4.79 Å². The summed E-state index contributed by atoms with van der Waals surface area (Å²) in [4.78, 5) is 14.0. The summed E-state index contributed by atoms with van der Waals surface area (Å²) >= 11 is 0. The molecule has 0 saturated carbocycles. The third-order valence-corrected chi connectivity index (χ3v) is 3.48. The maximum absolute atomic E-state index is 12.2. The van der Waals surface area contributed by atoms with Gasteiger partial charge < -0.3 is 19.5 Å². The molecular weight excluding hydrogens is 256 g/mol. The van der Waals surface area contributed by atoms with Gasteiger partial charge in [0.2, 0.25) is 5.91 Å². The van der Waals surface area contributed by atoms with E-state index in [0.29, 0.717) is 38.5 Å². The maximum Gasteiger partial charge on any atom is 0.239 e. The number of aryl methyl sites for hydroxylation is 1. The van der Waals surface area contributed by atoms with Crippen molar-refractivity contribution in [1.29, 1.82) is 5.26 Å². The van der Waals surface area contributed by atoms with E-state index >= 15 is 0 Å². The lowest BCUT2D eigenvalue weighted by Gasteiger charge is -2.29. The quantitative estimate of drug-likeness (QED) is 0.855. The average molecular weight is 276 g/mol. The van der Waals surface area contributed by atoms with Crippen LogP contribution in [-0.2, 0) is 23.1 Å². The van der Waals surface area contributed by atoms with Crippen molar-refractivity contribution in [3.8, 4) is 6.07 Å². The lowest BCUT2D eigenvalue weighted by molar-refractivity contribution is -0.137. The normalized spacial score (nSPS) is 16.8. The van der Waals surface area contributed by atoms with Gasteiger partial charge in [0.25, 0.3) is 0 Å². The molecule has 1 atom stereocenters. The molecule has 1 N–H and O–H groups in total. The molecule has 2 rings (SSSR count). The third-order valence-electron chi connectivity index (χ3n) is 3.48. The minimum absolute atomic E-state index is 0.102. The molecule has 1 aliphatic heterocycles. The topological polar surface area (TPSA) is 70.3 Å². The molecule has 0 bridgehead atoms. The van der Waals surface area contributed by atoms with Crippen molar-refractivity contribution in [2.24, 2.45) is 7.05 Å². The predicted octanol–water partition coefficient (Wildman–Crippen LogP) is 0.234. The summed E-state index contributed by atoms with van der Waals surface area (Å²) in [6.45, 7) is 4.99. The van der Waals surface area contributed by atoms with Gasteiger partial charge in [-0.1, -0.05) is 0 Å². The molecule has 0 spiro atoms. The molecule has 20 heavy (non-hydrogen) atoms. The van der Waals surface area contributed by atoms with Crippen molar-refractivity contribution >= 4 is 5.91 Å². The smallest absolute Gasteiger partial charge is 0.239 e. The molecular formula is C14H20N4O2. The van der Waals surface area contributed by atoms with Gasteiger partial charge in [-0.05, 0) is 18.6 Å². The fraction of sp³-hybridized carbons (Fsp3) is 0.571. The summed E-state index contributed by atoms with van der Waals surface area (Å²) in [5.41, 5.74) is 1.62. The highest BCUT2D eigenvalue weighted by Crippen LogP contribution is 2.07. The van der Waals surface area contributed by atoms with E-state index in [-0.39, 0.29) is 11.9 Å². The van der Waals surface area contributed by atoms with E-state index in [4.69, 9.17) is 10.00 Å². The number of nitrogens with zero attached hydrogens (tertiary/aromatic N) is 3. The number of hydrogen-bond acceptors (Lipinski definition) is 4. The van der Waals surface area contributed by atoms with Crippen LogP contribution in [0.15, 0.2) is 12.3 Å². The number of amides is 1. The van der Waals surface area contributed by atoms with Crippen LogP contribution < -0.4 is 5.32 Å². The summed E-state index contributed by atoms with van der Waals surface area (Å²) in [6.07, 6.45) is 1.90. The number of nitriles is 1. The van der Waals surface area contributed by atoms with Gasteiger partial charge in [-0.2, -0.15) is 5.26 Å². The fourth-order valence-corrected chi connectivity index (χ4v) is 2.26. The van der Waals surface area contributed by atoms with Crippen LogP contribution >= 0.6 is 0 Å². The highest BCUT2D eigenvalue weighted by molar-refractivity contribution is 5.81. The molecule has 1 amide bonds. The van der Waals surface area contributed by atoms with E-state index in [2.05, 4.69) is 11.4 Å². The first-order valence-corrected chi connectivity index (χ1v) is 6.77. The number of hydrogen-bond donors (Lipinski definition) is 1. The second-order valence-corrected chi connectivity index (χ2v) is 5.00. The van der Waals surface area contributed by atoms with Crippen LogP contribution in [0, 0.1) is 11.3 Å². The van der Waals surface area contributed by atoms with Crippen molar-refractivity contribution in [3.63, 3.8) is 0 Å². The van der Waals surface area contributed by atoms with Gasteiger partial charge >= 0.3 is 0 Å². The number of aromatic nitrogens is 1. The van der Waals surface area contributed by atoms with Crippen molar-refractivity contribution in [2.45, 2.75) is 19.5 Å². The summed E-state index contributed by atoms with van der Waals surface area (Å²) < 4.78 is 7.02. The minimum Gasteiger partial charge on any atom is -0.378 e. The SMILES string of the molecule is CC(NCc1cc(C#N)n(C)c1)C(=O)N1CCOCC1. The van der Waals surface area contributed by atoms with E-state index in [1.165, 1.54) is 0 Å². The van der Waals surface area contributed by atoms with Crippen LogP contribution in [0.4, 0.5) is 0 Å². The second kappa shape index (κ2) is 6.55. The Labute approximate surface area is 118 Å². The van der Waals surface area contributed by atoms with Crippen molar-refractivity contribution in [1.82, 2.24) is 14.8 Å². The zero-order chi connectivity index (χ0) is 14.5. The molecule has 0 aliphatic carbocycles. The Morgan fingerprint density at radius 3 is 2.85 bits per heavy atom. The molecule has 1 aliphatic rings. The highest BCUT2D eigenvalue weighted by atomic mass is 16.5. The first-order valence-electron chi connectivity index (χ1n) is 6.77. The van der Waals surface area contributed by atoms with Crippen LogP contribution in [0.2, 0.25) is 0 Å².